The van der Waals surface area contributed by atoms with Gasteiger partial charge >= 0.3 is 0 Å². The molecule has 6 nitrogen and oxygen atoms in total. The molecule has 0 spiro atoms. The van der Waals surface area contributed by atoms with Crippen LogP contribution in [0.3, 0.4) is 0 Å². The van der Waals surface area contributed by atoms with Crippen molar-refractivity contribution in [3.8, 4) is 0 Å². The molecule has 102 valence electrons. The number of aromatic nitrogens is 1. The zero-order valence-electron chi connectivity index (χ0n) is 10.9. The van der Waals surface area contributed by atoms with Crippen molar-refractivity contribution >= 4 is 11.7 Å². The smallest absolute Gasteiger partial charge is 0.170 e. The standard InChI is InChI=1S/C13H19N5O/c14-13(16-19)10-3-4-15-12(8-10)18-7-6-17-5-1-2-11(17)9-18/h3-4,8,11,19H,1-2,5-7,9H2,(H2,14,16). The molecular weight excluding hydrogens is 242 g/mol. The number of amidine groups is 1. The number of nitrogens with two attached hydrogens (primary N) is 1. The third kappa shape index (κ3) is 2.35. The summed E-state index contributed by atoms with van der Waals surface area (Å²) in [6, 6.07) is 4.30. The number of oxime groups is 1. The van der Waals surface area contributed by atoms with Crippen LogP contribution in [0.25, 0.3) is 0 Å². The number of fused-ring (bicyclic) bond motifs is 1. The second-order valence-electron chi connectivity index (χ2n) is 5.17. The van der Waals surface area contributed by atoms with Gasteiger partial charge in [0.1, 0.15) is 5.82 Å². The summed E-state index contributed by atoms with van der Waals surface area (Å²) in [6.07, 6.45) is 4.29. The highest BCUT2D eigenvalue weighted by Gasteiger charge is 2.30. The minimum Gasteiger partial charge on any atom is -0.409 e. The van der Waals surface area contributed by atoms with Crippen LogP contribution in [0.15, 0.2) is 23.5 Å². The molecule has 19 heavy (non-hydrogen) atoms. The summed E-state index contributed by atoms with van der Waals surface area (Å²) in [5.41, 5.74) is 6.33. The average molecular weight is 261 g/mol. The number of hydrogen-bond donors (Lipinski definition) is 2. The van der Waals surface area contributed by atoms with E-state index in [0.29, 0.717) is 11.6 Å². The van der Waals surface area contributed by atoms with E-state index in [1.807, 2.05) is 6.07 Å². The Kier molecular flexibility index (Phi) is 3.25. The van der Waals surface area contributed by atoms with Crippen molar-refractivity contribution in [2.24, 2.45) is 10.9 Å². The van der Waals surface area contributed by atoms with E-state index in [9.17, 15) is 0 Å². The molecule has 6 heteroatoms. The minimum absolute atomic E-state index is 0.128. The van der Waals surface area contributed by atoms with E-state index >= 15 is 0 Å². The van der Waals surface area contributed by atoms with Gasteiger partial charge in [-0.3, -0.25) is 4.90 Å². The van der Waals surface area contributed by atoms with E-state index < -0.39 is 0 Å². The second kappa shape index (κ2) is 5.05. The number of rotatable bonds is 2. The highest BCUT2D eigenvalue weighted by molar-refractivity contribution is 5.97. The maximum atomic E-state index is 8.73. The normalized spacial score (nSPS) is 24.5. The molecule has 1 atom stereocenters. The summed E-state index contributed by atoms with van der Waals surface area (Å²) in [5.74, 6) is 1.04. The van der Waals surface area contributed by atoms with Crippen molar-refractivity contribution in [3.05, 3.63) is 23.9 Å². The number of nitrogens with zero attached hydrogens (tertiary/aromatic N) is 4. The third-order valence-electron chi connectivity index (χ3n) is 4.06. The van der Waals surface area contributed by atoms with Gasteiger partial charge in [0.05, 0.1) is 0 Å². The fraction of sp³-hybridized carbons (Fsp3) is 0.538. The number of anilines is 1. The van der Waals surface area contributed by atoms with Gasteiger partial charge in [0.15, 0.2) is 5.84 Å². The molecule has 3 N–H and O–H groups in total. The monoisotopic (exact) mass is 261 g/mol. The van der Waals surface area contributed by atoms with E-state index in [1.54, 1.807) is 12.3 Å². The van der Waals surface area contributed by atoms with Crippen molar-refractivity contribution < 1.29 is 5.21 Å². The fourth-order valence-corrected chi connectivity index (χ4v) is 3.01. The Labute approximate surface area is 112 Å². The molecule has 0 aliphatic carbocycles. The SMILES string of the molecule is NC(=NO)c1ccnc(N2CCN3CCCC3C2)c1. The van der Waals surface area contributed by atoms with Crippen LogP contribution in [-0.2, 0) is 0 Å². The summed E-state index contributed by atoms with van der Waals surface area (Å²) in [4.78, 5) is 9.26. The molecule has 2 saturated heterocycles. The molecule has 0 radical (unpaired) electrons. The highest BCUT2D eigenvalue weighted by Crippen LogP contribution is 2.24. The largest absolute Gasteiger partial charge is 0.409 e. The lowest BCUT2D eigenvalue weighted by atomic mass is 10.1. The molecule has 2 aliphatic heterocycles. The molecule has 2 fully saturated rings. The minimum atomic E-state index is 0.128. The quantitative estimate of drug-likeness (QED) is 0.350. The number of hydrogen-bond acceptors (Lipinski definition) is 5. The second-order valence-corrected chi connectivity index (χ2v) is 5.17. The Morgan fingerprint density at radius 1 is 1.42 bits per heavy atom. The zero-order valence-corrected chi connectivity index (χ0v) is 10.9. The van der Waals surface area contributed by atoms with Gasteiger partial charge in [0.2, 0.25) is 0 Å². The number of piperazine rings is 1. The van der Waals surface area contributed by atoms with Gasteiger partial charge < -0.3 is 15.8 Å². The van der Waals surface area contributed by atoms with Crippen LogP contribution in [0.1, 0.15) is 18.4 Å². The van der Waals surface area contributed by atoms with Crippen molar-refractivity contribution in [1.82, 2.24) is 9.88 Å². The first-order valence-electron chi connectivity index (χ1n) is 6.71. The van der Waals surface area contributed by atoms with Crippen LogP contribution in [0.5, 0.6) is 0 Å². The fourth-order valence-electron chi connectivity index (χ4n) is 3.01. The van der Waals surface area contributed by atoms with Crippen LogP contribution in [0.4, 0.5) is 5.82 Å². The Balaban J connectivity index is 1.78. The lowest BCUT2D eigenvalue weighted by Gasteiger charge is -2.38. The molecule has 1 unspecified atom stereocenters. The summed E-state index contributed by atoms with van der Waals surface area (Å²) < 4.78 is 0. The lowest BCUT2D eigenvalue weighted by molar-refractivity contribution is 0.230. The molecule has 2 aliphatic rings. The van der Waals surface area contributed by atoms with Crippen LogP contribution in [0, 0.1) is 0 Å². The predicted octanol–water partition coefficient (Wildman–Crippen LogP) is 0.461. The molecule has 0 saturated carbocycles. The third-order valence-corrected chi connectivity index (χ3v) is 4.06. The van der Waals surface area contributed by atoms with Crippen molar-refractivity contribution in [1.29, 1.82) is 0 Å². The lowest BCUT2D eigenvalue weighted by Crippen LogP contribution is -2.50. The maximum Gasteiger partial charge on any atom is 0.170 e. The van der Waals surface area contributed by atoms with Crippen molar-refractivity contribution in [3.63, 3.8) is 0 Å². The Hall–Kier alpha value is -1.82. The topological polar surface area (TPSA) is 78.0 Å². The van der Waals surface area contributed by atoms with E-state index in [4.69, 9.17) is 10.9 Å². The van der Waals surface area contributed by atoms with Crippen LogP contribution >= 0.6 is 0 Å². The van der Waals surface area contributed by atoms with Gasteiger partial charge in [-0.25, -0.2) is 4.98 Å². The van der Waals surface area contributed by atoms with Crippen LogP contribution in [-0.4, -0.2) is 53.1 Å². The molecule has 0 amide bonds. The van der Waals surface area contributed by atoms with Gasteiger partial charge in [-0.05, 0) is 31.5 Å². The van der Waals surface area contributed by atoms with Crippen molar-refractivity contribution in [2.75, 3.05) is 31.1 Å². The van der Waals surface area contributed by atoms with Gasteiger partial charge in [-0.2, -0.15) is 0 Å². The Morgan fingerprint density at radius 2 is 2.32 bits per heavy atom. The van der Waals surface area contributed by atoms with Gasteiger partial charge in [-0.1, -0.05) is 5.16 Å². The van der Waals surface area contributed by atoms with E-state index in [2.05, 4.69) is 19.9 Å². The average Bonchev–Trinajstić information content (AvgIpc) is 2.94. The first-order valence-corrected chi connectivity index (χ1v) is 6.71. The van der Waals surface area contributed by atoms with E-state index in [1.165, 1.54) is 19.4 Å². The molecule has 3 rings (SSSR count). The summed E-state index contributed by atoms with van der Waals surface area (Å²) in [7, 11) is 0. The van der Waals surface area contributed by atoms with Gasteiger partial charge in [-0.15, -0.1) is 0 Å². The molecule has 0 bridgehead atoms. The molecule has 1 aromatic rings. The highest BCUT2D eigenvalue weighted by atomic mass is 16.4. The zero-order chi connectivity index (χ0) is 13.2. The molecule has 3 heterocycles. The van der Waals surface area contributed by atoms with Crippen LogP contribution in [0.2, 0.25) is 0 Å². The summed E-state index contributed by atoms with van der Waals surface area (Å²) in [6.45, 7) is 4.34. The summed E-state index contributed by atoms with van der Waals surface area (Å²) >= 11 is 0. The first kappa shape index (κ1) is 12.2. The van der Waals surface area contributed by atoms with Gasteiger partial charge in [0.25, 0.3) is 0 Å². The number of pyridine rings is 1. The Bertz CT molecular complexity index is 490. The molecular formula is C13H19N5O. The van der Waals surface area contributed by atoms with Gasteiger partial charge in [0, 0.05) is 37.4 Å². The summed E-state index contributed by atoms with van der Waals surface area (Å²) in [5, 5.41) is 11.8. The van der Waals surface area contributed by atoms with Crippen molar-refractivity contribution in [2.45, 2.75) is 18.9 Å². The Morgan fingerprint density at radius 3 is 3.16 bits per heavy atom. The first-order chi connectivity index (χ1) is 9.28. The van der Waals surface area contributed by atoms with E-state index in [0.717, 1.165) is 25.5 Å². The predicted molar refractivity (Wildman–Crippen MR) is 73.6 cm³/mol. The molecule has 1 aromatic heterocycles. The van der Waals surface area contributed by atoms with Crippen LogP contribution < -0.4 is 10.6 Å². The van der Waals surface area contributed by atoms with E-state index in [-0.39, 0.29) is 5.84 Å². The molecule has 0 aromatic carbocycles. The maximum absolute atomic E-state index is 8.73.